The summed E-state index contributed by atoms with van der Waals surface area (Å²) in [4.78, 5) is 35.5. The summed E-state index contributed by atoms with van der Waals surface area (Å²) in [5, 5.41) is 8.17. The number of halogens is 2. The molecule has 0 spiro atoms. The number of carbonyl (C=O) groups is 1. The number of H-pyrrole nitrogens is 2. The Balaban J connectivity index is 1.78. The number of rotatable bonds is 7. The average molecular weight is 523 g/mol. The number of nitrogens with one attached hydrogen (secondary N) is 2. The lowest BCUT2D eigenvalue weighted by Gasteiger charge is -2.14. The van der Waals surface area contributed by atoms with Crippen LogP contribution in [0.1, 0.15) is 21.7 Å². The number of benzene rings is 1. The fraction of sp³-hybridized carbons (Fsp3) is 0.231. The number of aromatic amines is 2. The molecular weight excluding hydrogens is 499 g/mol. The van der Waals surface area contributed by atoms with E-state index in [0.29, 0.717) is 28.2 Å². The predicted octanol–water partition coefficient (Wildman–Crippen LogP) is 4.14. The molecule has 37 heavy (non-hydrogen) atoms. The molecule has 0 aliphatic rings. The molecule has 0 saturated carbocycles. The van der Waals surface area contributed by atoms with Crippen LogP contribution in [0.2, 0.25) is 5.02 Å². The molecule has 4 aromatic heterocycles. The van der Waals surface area contributed by atoms with Crippen LogP contribution < -0.4 is 5.56 Å². The van der Waals surface area contributed by atoms with Crippen molar-refractivity contribution in [3.05, 3.63) is 80.9 Å². The highest BCUT2D eigenvalue weighted by molar-refractivity contribution is 6.32. The number of carbonyl (C=O) groups excluding carboxylic acids is 1. The van der Waals surface area contributed by atoms with E-state index >= 15 is 0 Å². The normalized spacial score (nSPS) is 11.6. The first-order valence-electron chi connectivity index (χ1n) is 11.6. The van der Waals surface area contributed by atoms with Crippen LogP contribution >= 0.6 is 11.6 Å². The predicted molar refractivity (Wildman–Crippen MR) is 140 cm³/mol. The van der Waals surface area contributed by atoms with Crippen molar-refractivity contribution in [2.75, 3.05) is 27.2 Å². The Labute approximate surface area is 215 Å². The molecule has 0 radical (unpaired) electrons. The summed E-state index contributed by atoms with van der Waals surface area (Å²) in [6.07, 6.45) is 3.16. The molecular formula is C26H24ClFN6O3. The number of pyridine rings is 2. The Morgan fingerprint density at radius 2 is 2.08 bits per heavy atom. The van der Waals surface area contributed by atoms with Gasteiger partial charge in [0.1, 0.15) is 18.1 Å². The molecule has 190 valence electrons. The van der Waals surface area contributed by atoms with Crippen LogP contribution in [0.4, 0.5) is 4.39 Å². The molecule has 0 aliphatic carbocycles. The second-order valence-corrected chi connectivity index (χ2v) is 9.39. The molecule has 0 saturated heterocycles. The zero-order valence-electron chi connectivity index (χ0n) is 20.4. The summed E-state index contributed by atoms with van der Waals surface area (Å²) in [6.45, 7) is 2.26. The number of nitrogens with zero attached hydrogens (tertiary/aromatic N) is 4. The van der Waals surface area contributed by atoms with Crippen molar-refractivity contribution in [3.63, 3.8) is 0 Å². The number of fused-ring (bicyclic) bond motifs is 2. The Hall–Kier alpha value is -4.02. The maximum Gasteiger partial charge on any atom is 0.355 e. The molecule has 5 aromatic rings. The molecule has 0 amide bonds. The molecule has 4 heterocycles. The van der Waals surface area contributed by atoms with Crippen molar-refractivity contribution in [1.82, 2.24) is 29.6 Å². The van der Waals surface area contributed by atoms with E-state index < -0.39 is 17.3 Å². The summed E-state index contributed by atoms with van der Waals surface area (Å²) in [6, 6.07) is 8.16. The van der Waals surface area contributed by atoms with Gasteiger partial charge in [0, 0.05) is 41.3 Å². The van der Waals surface area contributed by atoms with Gasteiger partial charge < -0.3 is 19.2 Å². The average Bonchev–Trinajstić information content (AvgIpc) is 3.42. The summed E-state index contributed by atoms with van der Waals surface area (Å²) in [5.74, 6) is -1.19. The van der Waals surface area contributed by atoms with E-state index in [1.165, 1.54) is 19.2 Å². The van der Waals surface area contributed by atoms with E-state index in [4.69, 9.17) is 16.3 Å². The Kier molecular flexibility index (Phi) is 6.53. The molecule has 2 N–H and O–H groups in total. The largest absolute Gasteiger partial charge is 0.460 e. The van der Waals surface area contributed by atoms with Crippen LogP contribution in [0.15, 0.2) is 47.5 Å². The molecule has 0 unspecified atom stereocenters. The van der Waals surface area contributed by atoms with Crippen LogP contribution in [-0.4, -0.2) is 62.8 Å². The minimum absolute atomic E-state index is 0.0892. The van der Waals surface area contributed by atoms with Crippen molar-refractivity contribution in [2.24, 2.45) is 0 Å². The van der Waals surface area contributed by atoms with Gasteiger partial charge >= 0.3 is 5.97 Å². The summed E-state index contributed by atoms with van der Waals surface area (Å²) in [5.41, 5.74) is 2.40. The van der Waals surface area contributed by atoms with Crippen molar-refractivity contribution in [3.8, 4) is 11.1 Å². The Bertz CT molecular complexity index is 1700. The maximum atomic E-state index is 14.8. The zero-order chi connectivity index (χ0) is 26.3. The number of hydrogen-bond donors (Lipinski definition) is 2. The number of ether oxygens (including phenoxy) is 1. The van der Waals surface area contributed by atoms with Crippen molar-refractivity contribution in [2.45, 2.75) is 13.5 Å². The third-order valence-electron chi connectivity index (χ3n) is 6.15. The smallest absolute Gasteiger partial charge is 0.355 e. The van der Waals surface area contributed by atoms with E-state index in [0.717, 1.165) is 10.9 Å². The van der Waals surface area contributed by atoms with E-state index in [1.807, 2.05) is 25.1 Å². The van der Waals surface area contributed by atoms with Gasteiger partial charge in [0.15, 0.2) is 0 Å². The van der Waals surface area contributed by atoms with Gasteiger partial charge in [-0.25, -0.2) is 14.2 Å². The first-order valence-corrected chi connectivity index (χ1v) is 11.9. The van der Waals surface area contributed by atoms with Crippen LogP contribution in [0.5, 0.6) is 0 Å². The van der Waals surface area contributed by atoms with Gasteiger partial charge in [-0.15, -0.1) is 0 Å². The molecule has 11 heteroatoms. The lowest BCUT2D eigenvalue weighted by molar-refractivity contribution is 0.0471. The topological polar surface area (TPSA) is 109 Å². The number of hydrogen-bond acceptors (Lipinski definition) is 6. The molecule has 9 nitrogen and oxygen atoms in total. The highest BCUT2D eigenvalue weighted by Crippen LogP contribution is 2.35. The fourth-order valence-electron chi connectivity index (χ4n) is 4.27. The highest BCUT2D eigenvalue weighted by atomic mass is 35.5. The Morgan fingerprint density at radius 1 is 1.27 bits per heavy atom. The third-order valence-corrected chi connectivity index (χ3v) is 6.51. The number of esters is 1. The summed E-state index contributed by atoms with van der Waals surface area (Å²) in [7, 11) is 3.73. The van der Waals surface area contributed by atoms with Crippen LogP contribution in [0.25, 0.3) is 33.1 Å². The lowest BCUT2D eigenvalue weighted by atomic mass is 10.1. The van der Waals surface area contributed by atoms with E-state index in [1.54, 1.807) is 29.0 Å². The third kappa shape index (κ3) is 4.61. The van der Waals surface area contributed by atoms with E-state index in [9.17, 15) is 14.0 Å². The van der Waals surface area contributed by atoms with Gasteiger partial charge in [-0.2, -0.15) is 5.10 Å². The van der Waals surface area contributed by atoms with Crippen molar-refractivity contribution >= 4 is 39.5 Å². The van der Waals surface area contributed by atoms with Gasteiger partial charge in [-0.1, -0.05) is 11.6 Å². The lowest BCUT2D eigenvalue weighted by Crippen LogP contribution is -2.22. The first-order chi connectivity index (χ1) is 17.7. The minimum Gasteiger partial charge on any atom is -0.460 e. The van der Waals surface area contributed by atoms with E-state index in [2.05, 4.69) is 20.2 Å². The molecule has 5 rings (SSSR count). The van der Waals surface area contributed by atoms with Gasteiger partial charge in [-0.05, 0) is 50.8 Å². The van der Waals surface area contributed by atoms with Gasteiger partial charge in [-0.3, -0.25) is 9.89 Å². The van der Waals surface area contributed by atoms with Crippen LogP contribution in [0, 0.1) is 12.7 Å². The standard InChI is InChI=1S/C26H24ClFN6O3/c1-14-19(28)11-21-23(31-14)22(17-5-4-6-29-25(17)35)24(26(36)37-8-7-33(2)3)34(21)13-16-9-15-12-30-32-20(15)10-18(16)27/h4-6,9-12H,7-8,13H2,1-3H3,(H,29,35)(H,30,32). The highest BCUT2D eigenvalue weighted by Gasteiger charge is 2.29. The second kappa shape index (κ2) is 9.79. The van der Waals surface area contributed by atoms with Crippen LogP contribution in [-0.2, 0) is 11.3 Å². The minimum atomic E-state index is -0.656. The first kappa shape index (κ1) is 24.7. The van der Waals surface area contributed by atoms with Crippen molar-refractivity contribution in [1.29, 1.82) is 0 Å². The monoisotopic (exact) mass is 522 g/mol. The quantitative estimate of drug-likeness (QED) is 0.311. The van der Waals surface area contributed by atoms with Crippen molar-refractivity contribution < 1.29 is 13.9 Å². The molecule has 0 bridgehead atoms. The molecule has 0 fully saturated rings. The summed E-state index contributed by atoms with van der Waals surface area (Å²) >= 11 is 6.59. The zero-order valence-corrected chi connectivity index (χ0v) is 21.2. The maximum absolute atomic E-state index is 14.8. The van der Waals surface area contributed by atoms with Gasteiger partial charge in [0.25, 0.3) is 5.56 Å². The van der Waals surface area contributed by atoms with Gasteiger partial charge in [0.05, 0.1) is 34.0 Å². The summed E-state index contributed by atoms with van der Waals surface area (Å²) < 4.78 is 22.0. The number of likely N-dealkylation sites (N-methyl/N-ethyl adjacent to an activating group) is 1. The number of aromatic nitrogens is 5. The van der Waals surface area contributed by atoms with Crippen LogP contribution in [0.3, 0.4) is 0 Å². The second-order valence-electron chi connectivity index (χ2n) is 8.99. The fourth-order valence-corrected chi connectivity index (χ4v) is 4.49. The SMILES string of the molecule is Cc1nc2c(-c3ccc[nH]c3=O)c(C(=O)OCCN(C)C)n(Cc3cc4cn[nH]c4cc3Cl)c2cc1F. The molecule has 1 aromatic carbocycles. The number of aryl methyl sites for hydroxylation is 1. The van der Waals surface area contributed by atoms with Gasteiger partial charge in [0.2, 0.25) is 0 Å². The van der Waals surface area contributed by atoms with E-state index in [-0.39, 0.29) is 35.7 Å². The molecule has 0 atom stereocenters. The Morgan fingerprint density at radius 3 is 2.84 bits per heavy atom. The molecule has 0 aliphatic heterocycles.